The number of nitrogens with one attached hydrogen (secondary N) is 3. The van der Waals surface area contributed by atoms with E-state index in [0.29, 0.717) is 10.8 Å². The van der Waals surface area contributed by atoms with Gasteiger partial charge in [-0.2, -0.15) is 0 Å². The summed E-state index contributed by atoms with van der Waals surface area (Å²) in [6, 6.07) is 12.6. The van der Waals surface area contributed by atoms with Crippen LogP contribution in [0.1, 0.15) is 0 Å². The van der Waals surface area contributed by atoms with E-state index in [0.717, 1.165) is 61.0 Å². The van der Waals surface area contributed by atoms with E-state index < -0.39 is 21.6 Å². The highest BCUT2D eigenvalue weighted by molar-refractivity contribution is 7.92. The van der Waals surface area contributed by atoms with Crippen molar-refractivity contribution in [2.24, 2.45) is 0 Å². The van der Waals surface area contributed by atoms with Crippen LogP contribution in [0.4, 0.5) is 16.2 Å². The smallest absolute Gasteiger partial charge is 0.333 e. The SMILES string of the molecule is O=C(Nc1ccc(-n2c(O)c3ccc(NCCN4CCOCC4)cc3cc2=O)c(Cl)c1)NS(=O)(=O)c1ccc(Cl)s1. The number of morpholine rings is 1. The summed E-state index contributed by atoms with van der Waals surface area (Å²) in [6.07, 6.45) is 0. The number of halogens is 2. The number of hydrogen-bond acceptors (Lipinski definition) is 9. The van der Waals surface area contributed by atoms with Crippen molar-refractivity contribution >= 4 is 72.7 Å². The third kappa shape index (κ3) is 6.77. The summed E-state index contributed by atoms with van der Waals surface area (Å²) in [7, 11) is -4.12. The van der Waals surface area contributed by atoms with Crippen LogP contribution in [0.2, 0.25) is 9.36 Å². The first-order chi connectivity index (χ1) is 19.6. The van der Waals surface area contributed by atoms with Crippen LogP contribution in [0.15, 0.2) is 63.6 Å². The number of hydrogen-bond donors (Lipinski definition) is 4. The summed E-state index contributed by atoms with van der Waals surface area (Å²) >= 11 is 13.0. The molecule has 2 aromatic carbocycles. The van der Waals surface area contributed by atoms with Crippen molar-refractivity contribution in [1.82, 2.24) is 14.2 Å². The maximum atomic E-state index is 13.0. The minimum Gasteiger partial charge on any atom is -0.494 e. The second kappa shape index (κ2) is 12.3. The normalized spacial score (nSPS) is 14.2. The Labute approximate surface area is 249 Å². The highest BCUT2D eigenvalue weighted by atomic mass is 35.5. The molecule has 1 aliphatic rings. The van der Waals surface area contributed by atoms with E-state index in [-0.39, 0.29) is 30.8 Å². The van der Waals surface area contributed by atoms with Crippen LogP contribution in [0.25, 0.3) is 16.5 Å². The number of carbonyl (C=O) groups is 1. The topological polar surface area (TPSA) is 142 Å². The van der Waals surface area contributed by atoms with E-state index in [1.54, 1.807) is 12.1 Å². The molecule has 1 aliphatic heterocycles. The number of ether oxygens (including phenoxy) is 1. The molecule has 4 N–H and O–H groups in total. The van der Waals surface area contributed by atoms with Crippen molar-refractivity contribution in [2.75, 3.05) is 50.0 Å². The van der Waals surface area contributed by atoms with Crippen molar-refractivity contribution in [1.29, 1.82) is 0 Å². The molecule has 0 spiro atoms. The maximum Gasteiger partial charge on any atom is 0.333 e. The summed E-state index contributed by atoms with van der Waals surface area (Å²) in [5.41, 5.74) is 0.645. The summed E-state index contributed by atoms with van der Waals surface area (Å²) in [5, 5.41) is 17.8. The van der Waals surface area contributed by atoms with Gasteiger partial charge in [0.15, 0.2) is 0 Å². The second-order valence-corrected chi connectivity index (χ2v) is 13.1. The number of nitrogens with zero attached hydrogens (tertiary/aromatic N) is 2. The largest absolute Gasteiger partial charge is 0.494 e. The lowest BCUT2D eigenvalue weighted by molar-refractivity contribution is 0.0398. The van der Waals surface area contributed by atoms with Gasteiger partial charge in [-0.1, -0.05) is 23.2 Å². The lowest BCUT2D eigenvalue weighted by Crippen LogP contribution is -2.38. The molecule has 0 saturated carbocycles. The van der Waals surface area contributed by atoms with E-state index in [4.69, 9.17) is 27.9 Å². The lowest BCUT2D eigenvalue weighted by Gasteiger charge is -2.26. The summed E-state index contributed by atoms with van der Waals surface area (Å²) in [4.78, 5) is 27.7. The Morgan fingerprint density at radius 2 is 1.78 bits per heavy atom. The zero-order valence-corrected chi connectivity index (χ0v) is 24.5. The number of aromatic hydroxyl groups is 1. The van der Waals surface area contributed by atoms with Gasteiger partial charge in [0.05, 0.1) is 28.3 Å². The summed E-state index contributed by atoms with van der Waals surface area (Å²) in [5.74, 6) is -0.298. The molecular weight excluding hydrogens is 613 g/mol. The number of fused-ring (bicyclic) bond motifs is 1. The monoisotopic (exact) mass is 637 g/mol. The molecule has 3 heterocycles. The van der Waals surface area contributed by atoms with Crippen molar-refractivity contribution in [3.05, 3.63) is 74.3 Å². The van der Waals surface area contributed by atoms with Crippen LogP contribution >= 0.6 is 34.5 Å². The van der Waals surface area contributed by atoms with Gasteiger partial charge >= 0.3 is 6.03 Å². The highest BCUT2D eigenvalue weighted by Gasteiger charge is 2.21. The molecule has 5 rings (SSSR count). The van der Waals surface area contributed by atoms with Gasteiger partial charge in [0, 0.05) is 49.0 Å². The van der Waals surface area contributed by atoms with Gasteiger partial charge in [-0.3, -0.25) is 9.69 Å². The Bertz CT molecular complexity index is 1770. The average Bonchev–Trinajstić information content (AvgIpc) is 3.37. The molecule has 2 amide bonds. The van der Waals surface area contributed by atoms with Crippen LogP contribution in [0.5, 0.6) is 5.88 Å². The summed E-state index contributed by atoms with van der Waals surface area (Å²) in [6.45, 7) is 4.84. The minimum atomic E-state index is -4.12. The van der Waals surface area contributed by atoms with Crippen LogP contribution in [-0.4, -0.2) is 68.4 Å². The fourth-order valence-corrected chi connectivity index (χ4v) is 7.03. The van der Waals surface area contributed by atoms with Crippen LogP contribution in [-0.2, 0) is 14.8 Å². The number of thiophene rings is 1. The predicted octanol–water partition coefficient (Wildman–Crippen LogP) is 4.32. The Balaban J connectivity index is 1.30. The van der Waals surface area contributed by atoms with Gasteiger partial charge in [0.25, 0.3) is 15.6 Å². The second-order valence-electron chi connectivity index (χ2n) is 9.11. The number of urea groups is 1. The maximum absolute atomic E-state index is 13.0. The Morgan fingerprint density at radius 3 is 2.49 bits per heavy atom. The van der Waals surface area contributed by atoms with Crippen molar-refractivity contribution in [2.45, 2.75) is 4.21 Å². The molecule has 0 aliphatic carbocycles. The Hall–Kier alpha value is -3.33. The van der Waals surface area contributed by atoms with Crippen molar-refractivity contribution in [3.63, 3.8) is 0 Å². The zero-order chi connectivity index (χ0) is 29.1. The molecule has 2 aromatic heterocycles. The van der Waals surface area contributed by atoms with Gasteiger partial charge in [0.1, 0.15) is 4.21 Å². The minimum absolute atomic E-state index is 0.0360. The first kappa shape index (κ1) is 29.2. The molecule has 0 atom stereocenters. The molecule has 41 heavy (non-hydrogen) atoms. The Morgan fingerprint density at radius 1 is 1.02 bits per heavy atom. The van der Waals surface area contributed by atoms with Gasteiger partial charge in [-0.25, -0.2) is 22.5 Å². The van der Waals surface area contributed by atoms with Crippen LogP contribution < -0.4 is 20.9 Å². The fraction of sp³-hybridized carbons (Fsp3) is 0.231. The molecule has 0 radical (unpaired) electrons. The highest BCUT2D eigenvalue weighted by Crippen LogP contribution is 2.31. The molecule has 1 saturated heterocycles. The predicted molar refractivity (Wildman–Crippen MR) is 161 cm³/mol. The average molecular weight is 639 g/mol. The molecule has 11 nitrogen and oxygen atoms in total. The first-order valence-corrected chi connectivity index (χ1v) is 15.5. The van der Waals surface area contributed by atoms with E-state index >= 15 is 0 Å². The Kier molecular flexibility index (Phi) is 8.73. The van der Waals surface area contributed by atoms with E-state index in [1.807, 2.05) is 10.8 Å². The number of sulfonamides is 1. The first-order valence-electron chi connectivity index (χ1n) is 12.4. The van der Waals surface area contributed by atoms with Crippen LogP contribution in [0, 0.1) is 0 Å². The fourth-order valence-electron chi connectivity index (χ4n) is 4.37. The number of amides is 2. The number of carbonyl (C=O) groups excluding carboxylic acids is 1. The molecular formula is C26H25Cl2N5O6S2. The lowest BCUT2D eigenvalue weighted by atomic mass is 10.1. The number of pyridine rings is 1. The van der Waals surface area contributed by atoms with Gasteiger partial charge in [-0.05, 0) is 53.9 Å². The van der Waals surface area contributed by atoms with E-state index in [1.165, 1.54) is 36.4 Å². The van der Waals surface area contributed by atoms with Crippen molar-refractivity contribution in [3.8, 4) is 11.6 Å². The molecule has 0 bridgehead atoms. The molecule has 4 aromatic rings. The summed E-state index contributed by atoms with van der Waals surface area (Å²) < 4.78 is 33.2. The van der Waals surface area contributed by atoms with E-state index in [9.17, 15) is 23.1 Å². The standard InChI is InChI=1S/C26H25Cl2N5O6S2/c27-20-15-18(30-26(36)31-41(37,38)24-6-5-22(28)40-24)2-4-21(20)33-23(34)14-16-13-17(1-3-19(16)25(33)35)29-7-8-32-9-11-39-12-10-32/h1-6,13-15,29,35H,7-12H2,(H2,30,31,36). The number of rotatable bonds is 8. The number of aromatic nitrogens is 1. The van der Waals surface area contributed by atoms with Crippen LogP contribution in [0.3, 0.4) is 0 Å². The third-order valence-electron chi connectivity index (χ3n) is 6.35. The molecule has 1 fully saturated rings. The van der Waals surface area contributed by atoms with E-state index in [2.05, 4.69) is 15.5 Å². The molecule has 15 heteroatoms. The quantitative estimate of drug-likeness (QED) is 0.224. The van der Waals surface area contributed by atoms with Gasteiger partial charge in [-0.15, -0.1) is 11.3 Å². The number of anilines is 2. The molecule has 0 unspecified atom stereocenters. The molecule has 216 valence electrons. The number of benzene rings is 2. The van der Waals surface area contributed by atoms with Gasteiger partial charge < -0.3 is 20.5 Å². The zero-order valence-electron chi connectivity index (χ0n) is 21.4. The third-order valence-corrected chi connectivity index (χ3v) is 9.71. The van der Waals surface area contributed by atoms with Gasteiger partial charge in [0.2, 0.25) is 5.88 Å². The van der Waals surface area contributed by atoms with Crippen molar-refractivity contribution < 1.29 is 23.1 Å².